The average Bonchev–Trinajstić information content (AvgIpc) is 3.41. The second kappa shape index (κ2) is 8.44. The molecule has 1 aromatic heterocycles. The number of carbonyl (C=O) groups excluding carboxylic acids is 2. The highest BCUT2D eigenvalue weighted by Gasteiger charge is 2.31. The zero-order valence-electron chi connectivity index (χ0n) is 16.4. The Bertz CT molecular complexity index is 1260. The van der Waals surface area contributed by atoms with E-state index in [1.54, 1.807) is 19.1 Å². The van der Waals surface area contributed by atoms with Crippen LogP contribution in [0.3, 0.4) is 0 Å². The Kier molecular flexibility index (Phi) is 5.70. The van der Waals surface area contributed by atoms with Crippen LogP contribution in [0.25, 0.3) is 0 Å². The number of amides is 1. The lowest BCUT2D eigenvalue weighted by atomic mass is 10.2. The number of fused-ring (bicyclic) bond motifs is 1. The van der Waals surface area contributed by atoms with E-state index in [-0.39, 0.29) is 27.8 Å². The molecule has 0 saturated heterocycles. The van der Waals surface area contributed by atoms with Gasteiger partial charge in [-0.1, -0.05) is 28.8 Å². The Morgan fingerprint density at radius 1 is 1.19 bits per heavy atom. The van der Waals surface area contributed by atoms with E-state index >= 15 is 0 Å². The molecule has 0 radical (unpaired) electrons. The predicted molar refractivity (Wildman–Crippen MR) is 115 cm³/mol. The van der Waals surface area contributed by atoms with E-state index in [4.69, 9.17) is 4.74 Å². The molecule has 11 heteroatoms. The van der Waals surface area contributed by atoms with Crippen molar-refractivity contribution in [1.82, 2.24) is 9.59 Å². The van der Waals surface area contributed by atoms with Crippen molar-refractivity contribution < 1.29 is 22.7 Å². The second-order valence-electron chi connectivity index (χ2n) is 6.61. The Morgan fingerprint density at radius 3 is 2.81 bits per heavy atom. The van der Waals surface area contributed by atoms with E-state index in [0.29, 0.717) is 18.7 Å². The minimum absolute atomic E-state index is 0.00454. The van der Waals surface area contributed by atoms with Gasteiger partial charge < -0.3 is 10.1 Å². The highest BCUT2D eigenvalue weighted by atomic mass is 32.2. The Morgan fingerprint density at radius 2 is 2.00 bits per heavy atom. The standard InChI is InChI=1S/C20H18N4O5S2/c1-2-29-20(26)17-19(30-23-22-17)21-18(25)14-7-5-8-15(12-14)31(27,28)24-11-10-13-6-3-4-9-16(13)24/h3-9,12H,2,10-11H2,1H3,(H,21,25). The Hall–Kier alpha value is -3.31. The monoisotopic (exact) mass is 458 g/mol. The maximum atomic E-state index is 13.2. The summed E-state index contributed by atoms with van der Waals surface area (Å²) in [5.41, 5.74) is 1.63. The summed E-state index contributed by atoms with van der Waals surface area (Å²) >= 11 is 0.829. The summed E-state index contributed by atoms with van der Waals surface area (Å²) in [6.45, 7) is 2.15. The quantitative estimate of drug-likeness (QED) is 0.564. The topological polar surface area (TPSA) is 119 Å². The molecular weight excluding hydrogens is 440 g/mol. The smallest absolute Gasteiger partial charge is 0.362 e. The van der Waals surface area contributed by atoms with Crippen molar-refractivity contribution >= 4 is 44.1 Å². The SMILES string of the molecule is CCOC(=O)c1nnsc1NC(=O)c1cccc(S(=O)(=O)N2CCc3ccccc32)c1. The van der Waals surface area contributed by atoms with E-state index in [1.807, 2.05) is 12.1 Å². The van der Waals surface area contributed by atoms with Gasteiger partial charge in [0, 0.05) is 23.6 Å². The number of para-hydroxylation sites is 1. The molecule has 2 aromatic carbocycles. The second-order valence-corrected chi connectivity index (χ2v) is 9.23. The third-order valence-corrected chi connectivity index (χ3v) is 7.16. The molecule has 1 N–H and O–H groups in total. The van der Waals surface area contributed by atoms with E-state index in [1.165, 1.54) is 28.6 Å². The molecule has 1 amide bonds. The molecule has 4 rings (SSSR count). The minimum atomic E-state index is -3.84. The van der Waals surface area contributed by atoms with Crippen LogP contribution in [0.15, 0.2) is 53.4 Å². The van der Waals surface area contributed by atoms with Crippen molar-refractivity contribution in [1.29, 1.82) is 0 Å². The van der Waals surface area contributed by atoms with Crippen LogP contribution in [-0.4, -0.2) is 43.0 Å². The first-order chi connectivity index (χ1) is 14.9. The minimum Gasteiger partial charge on any atom is -0.461 e. The number of nitrogens with one attached hydrogen (secondary N) is 1. The lowest BCUT2D eigenvalue weighted by molar-refractivity contribution is 0.0520. The summed E-state index contributed by atoms with van der Waals surface area (Å²) in [5.74, 6) is -1.29. The van der Waals surface area contributed by atoms with Gasteiger partial charge in [0.1, 0.15) is 0 Å². The van der Waals surface area contributed by atoms with Crippen molar-refractivity contribution in [3.05, 3.63) is 65.4 Å². The van der Waals surface area contributed by atoms with E-state index in [2.05, 4.69) is 14.9 Å². The van der Waals surface area contributed by atoms with Crippen molar-refractivity contribution in [2.75, 3.05) is 22.8 Å². The van der Waals surface area contributed by atoms with E-state index in [9.17, 15) is 18.0 Å². The van der Waals surface area contributed by atoms with Crippen molar-refractivity contribution in [2.45, 2.75) is 18.2 Å². The lowest BCUT2D eigenvalue weighted by Crippen LogP contribution is -2.29. The highest BCUT2D eigenvalue weighted by molar-refractivity contribution is 7.92. The first-order valence-electron chi connectivity index (χ1n) is 9.43. The van der Waals surface area contributed by atoms with Crippen LogP contribution in [0.2, 0.25) is 0 Å². The van der Waals surface area contributed by atoms with Gasteiger partial charge in [0.2, 0.25) is 5.69 Å². The largest absolute Gasteiger partial charge is 0.461 e. The number of carbonyl (C=O) groups is 2. The molecule has 0 fully saturated rings. The number of benzene rings is 2. The lowest BCUT2D eigenvalue weighted by Gasteiger charge is -2.19. The summed E-state index contributed by atoms with van der Waals surface area (Å²) in [5, 5.41) is 6.37. The maximum absolute atomic E-state index is 13.2. The Labute approximate surface area is 182 Å². The Balaban J connectivity index is 1.59. The number of hydrogen-bond donors (Lipinski definition) is 1. The summed E-state index contributed by atoms with van der Waals surface area (Å²) in [6.07, 6.45) is 0.630. The molecule has 2 heterocycles. The first-order valence-corrected chi connectivity index (χ1v) is 11.6. The fraction of sp³-hybridized carbons (Fsp3) is 0.200. The third kappa shape index (κ3) is 4.01. The molecule has 1 aliphatic rings. The summed E-state index contributed by atoms with van der Waals surface area (Å²) in [6, 6.07) is 13.1. The zero-order chi connectivity index (χ0) is 22.0. The van der Waals surface area contributed by atoms with Gasteiger partial charge in [-0.15, -0.1) is 5.10 Å². The molecule has 160 valence electrons. The molecular formula is C20H18N4O5S2. The zero-order valence-corrected chi connectivity index (χ0v) is 18.1. The molecule has 9 nitrogen and oxygen atoms in total. The van der Waals surface area contributed by atoms with Crippen LogP contribution < -0.4 is 9.62 Å². The number of aromatic nitrogens is 2. The molecule has 31 heavy (non-hydrogen) atoms. The molecule has 3 aromatic rings. The number of anilines is 2. The van der Waals surface area contributed by atoms with Gasteiger partial charge in [0.25, 0.3) is 15.9 Å². The number of ether oxygens (including phenoxy) is 1. The predicted octanol–water partition coefficient (Wildman–Crippen LogP) is 2.72. The number of esters is 1. The summed E-state index contributed by atoms with van der Waals surface area (Å²) in [4.78, 5) is 24.7. The maximum Gasteiger partial charge on any atom is 0.362 e. The third-order valence-electron chi connectivity index (χ3n) is 4.71. The number of hydrogen-bond acceptors (Lipinski definition) is 8. The number of sulfonamides is 1. The molecule has 0 atom stereocenters. The highest BCUT2D eigenvalue weighted by Crippen LogP contribution is 2.33. The van der Waals surface area contributed by atoms with Gasteiger partial charge in [0.15, 0.2) is 5.00 Å². The number of nitrogens with zero attached hydrogens (tertiary/aromatic N) is 3. The van der Waals surface area contributed by atoms with Gasteiger partial charge >= 0.3 is 5.97 Å². The van der Waals surface area contributed by atoms with Gasteiger partial charge in [-0.3, -0.25) is 9.10 Å². The van der Waals surface area contributed by atoms with Gasteiger partial charge in [0.05, 0.1) is 17.2 Å². The van der Waals surface area contributed by atoms with E-state index in [0.717, 1.165) is 17.1 Å². The van der Waals surface area contributed by atoms with Crippen LogP contribution in [0, 0.1) is 0 Å². The molecule has 0 unspecified atom stereocenters. The van der Waals surface area contributed by atoms with Crippen molar-refractivity contribution in [3.63, 3.8) is 0 Å². The van der Waals surface area contributed by atoms with Crippen LogP contribution in [0.4, 0.5) is 10.7 Å². The molecule has 0 bridgehead atoms. The van der Waals surface area contributed by atoms with Gasteiger partial charge in [-0.05, 0) is 43.2 Å². The molecule has 0 saturated carbocycles. The van der Waals surface area contributed by atoms with Crippen molar-refractivity contribution in [2.24, 2.45) is 0 Å². The average molecular weight is 459 g/mol. The van der Waals surface area contributed by atoms with Crippen LogP contribution in [0.5, 0.6) is 0 Å². The van der Waals surface area contributed by atoms with E-state index < -0.39 is 21.9 Å². The first kappa shape index (κ1) is 20.9. The summed E-state index contributed by atoms with van der Waals surface area (Å²) in [7, 11) is -3.84. The fourth-order valence-corrected chi connectivity index (χ4v) is 5.37. The van der Waals surface area contributed by atoms with Gasteiger partial charge in [-0.25, -0.2) is 13.2 Å². The normalized spacial score (nSPS) is 13.0. The summed E-state index contributed by atoms with van der Waals surface area (Å²) < 4.78 is 36.4. The van der Waals surface area contributed by atoms with Gasteiger partial charge in [-0.2, -0.15) is 0 Å². The molecule has 1 aliphatic heterocycles. The number of rotatable bonds is 6. The molecule has 0 spiro atoms. The fourth-order valence-electron chi connectivity index (χ4n) is 3.26. The van der Waals surface area contributed by atoms with Crippen LogP contribution >= 0.6 is 11.5 Å². The van der Waals surface area contributed by atoms with Crippen LogP contribution in [0.1, 0.15) is 33.3 Å². The van der Waals surface area contributed by atoms with Crippen LogP contribution in [-0.2, 0) is 21.2 Å². The van der Waals surface area contributed by atoms with Crippen molar-refractivity contribution in [3.8, 4) is 0 Å². The molecule has 0 aliphatic carbocycles.